The molecule has 2 N–H and O–H groups in total. The number of hydrogen-bond donors (Lipinski definition) is 2. The zero-order valence-corrected chi connectivity index (χ0v) is 13.4. The van der Waals surface area contributed by atoms with E-state index in [9.17, 15) is 8.42 Å². The number of hydrogen-bond acceptors (Lipinski definition) is 5. The van der Waals surface area contributed by atoms with Crippen LogP contribution < -0.4 is 9.46 Å². The van der Waals surface area contributed by atoms with Crippen molar-refractivity contribution in [3.8, 4) is 17.6 Å². The molecular weight excluding hydrogens is 328 g/mol. The molecule has 0 atom stereocenters. The number of benzene rings is 1. The van der Waals surface area contributed by atoms with Gasteiger partial charge in [-0.15, -0.1) is 0 Å². The maximum atomic E-state index is 11.8. The lowest BCUT2D eigenvalue weighted by atomic mass is 10.2. The van der Waals surface area contributed by atoms with Crippen LogP contribution in [0.4, 0.5) is 0 Å². The number of pyridine rings is 1. The lowest BCUT2D eigenvalue weighted by Gasteiger charge is -2.05. The van der Waals surface area contributed by atoms with Crippen LogP contribution >= 0.6 is 0 Å². The normalized spacial score (nSPS) is 11.0. The molecule has 2 heterocycles. The van der Waals surface area contributed by atoms with Gasteiger partial charge in [0.1, 0.15) is 17.9 Å². The van der Waals surface area contributed by atoms with Gasteiger partial charge >= 0.3 is 0 Å². The van der Waals surface area contributed by atoms with Crippen LogP contribution in [0.2, 0.25) is 0 Å². The van der Waals surface area contributed by atoms with E-state index >= 15 is 0 Å². The lowest BCUT2D eigenvalue weighted by molar-refractivity contribution is 0.374. The van der Waals surface area contributed by atoms with Crippen LogP contribution in [0.15, 0.2) is 54.1 Å². The van der Waals surface area contributed by atoms with Gasteiger partial charge in [0.15, 0.2) is 5.03 Å². The number of H-pyrrole nitrogens is 1. The molecule has 24 heavy (non-hydrogen) atoms. The van der Waals surface area contributed by atoms with E-state index in [2.05, 4.69) is 31.5 Å². The van der Waals surface area contributed by atoms with E-state index in [-0.39, 0.29) is 18.2 Å². The van der Waals surface area contributed by atoms with Crippen molar-refractivity contribution in [2.24, 2.45) is 0 Å². The molecule has 2 aromatic heterocycles. The Morgan fingerprint density at radius 2 is 2.08 bits per heavy atom. The van der Waals surface area contributed by atoms with Crippen LogP contribution in [0.3, 0.4) is 0 Å². The highest BCUT2D eigenvalue weighted by molar-refractivity contribution is 7.89. The van der Waals surface area contributed by atoms with Crippen LogP contribution in [0.5, 0.6) is 5.75 Å². The van der Waals surface area contributed by atoms with Crippen molar-refractivity contribution in [3.63, 3.8) is 0 Å². The fourth-order valence-corrected chi connectivity index (χ4v) is 2.84. The number of nitrogens with one attached hydrogen (secondary N) is 2. The highest BCUT2D eigenvalue weighted by Gasteiger charge is 2.13. The number of aromatic nitrogens is 3. The third-order valence-corrected chi connectivity index (χ3v) is 4.46. The van der Waals surface area contributed by atoms with Crippen molar-refractivity contribution in [2.75, 3.05) is 13.2 Å². The number of aromatic amines is 1. The van der Waals surface area contributed by atoms with Crippen molar-refractivity contribution in [1.29, 1.82) is 0 Å². The summed E-state index contributed by atoms with van der Waals surface area (Å²) in [5, 5.41) is 0.984. The molecule has 7 nitrogen and oxygen atoms in total. The number of para-hydroxylation sites is 1. The Labute approximate surface area is 139 Å². The minimum Gasteiger partial charge on any atom is -0.479 e. The van der Waals surface area contributed by atoms with Gasteiger partial charge in [0.05, 0.1) is 19.1 Å². The molecule has 3 rings (SSSR count). The largest absolute Gasteiger partial charge is 0.479 e. The van der Waals surface area contributed by atoms with Crippen molar-refractivity contribution >= 4 is 20.9 Å². The molecule has 0 fully saturated rings. The number of fused-ring (bicyclic) bond motifs is 1. The maximum absolute atomic E-state index is 11.8. The molecule has 0 aliphatic heterocycles. The second-order valence-electron chi connectivity index (χ2n) is 4.71. The molecule has 3 aromatic rings. The minimum atomic E-state index is -3.61. The summed E-state index contributed by atoms with van der Waals surface area (Å²) in [7, 11) is -3.61. The van der Waals surface area contributed by atoms with E-state index in [0.717, 1.165) is 10.9 Å². The number of imidazole rings is 1. The monoisotopic (exact) mass is 342 g/mol. The third kappa shape index (κ3) is 3.71. The summed E-state index contributed by atoms with van der Waals surface area (Å²) in [5.74, 6) is 6.10. The summed E-state index contributed by atoms with van der Waals surface area (Å²) in [6, 6.07) is 9.46. The van der Waals surface area contributed by atoms with Gasteiger partial charge in [-0.1, -0.05) is 30.0 Å². The molecular formula is C16H14N4O3S. The first-order valence-corrected chi connectivity index (χ1v) is 8.55. The molecule has 0 aliphatic rings. The van der Waals surface area contributed by atoms with Crippen LogP contribution in [-0.4, -0.2) is 36.5 Å². The van der Waals surface area contributed by atoms with E-state index in [4.69, 9.17) is 4.74 Å². The van der Waals surface area contributed by atoms with Crippen LogP contribution in [0.25, 0.3) is 10.9 Å². The summed E-state index contributed by atoms with van der Waals surface area (Å²) >= 11 is 0. The van der Waals surface area contributed by atoms with E-state index in [1.165, 1.54) is 12.5 Å². The molecule has 122 valence electrons. The summed E-state index contributed by atoms with van der Waals surface area (Å²) in [4.78, 5) is 10.5. The van der Waals surface area contributed by atoms with Crippen molar-refractivity contribution in [3.05, 3.63) is 49.1 Å². The molecule has 0 amide bonds. The topological polar surface area (TPSA) is 97.0 Å². The SMILES string of the molecule is O=S(=O)(NCC#CCOc1cccc2cccnc12)c1cnc[nH]1. The second kappa shape index (κ2) is 7.12. The Balaban J connectivity index is 1.55. The van der Waals surface area contributed by atoms with Gasteiger partial charge in [0.25, 0.3) is 10.0 Å². The molecule has 0 aliphatic carbocycles. The van der Waals surface area contributed by atoms with E-state index in [1.54, 1.807) is 6.20 Å². The molecule has 0 radical (unpaired) electrons. The molecule has 0 saturated heterocycles. The summed E-state index contributed by atoms with van der Waals surface area (Å²) < 4.78 is 31.6. The Morgan fingerprint density at radius 1 is 1.21 bits per heavy atom. The van der Waals surface area contributed by atoms with Gasteiger partial charge in [-0.25, -0.2) is 13.4 Å². The number of nitrogens with zero attached hydrogens (tertiary/aromatic N) is 2. The van der Waals surface area contributed by atoms with Gasteiger partial charge in [0.2, 0.25) is 0 Å². The third-order valence-electron chi connectivity index (χ3n) is 3.13. The van der Waals surface area contributed by atoms with Gasteiger partial charge in [0, 0.05) is 11.6 Å². The van der Waals surface area contributed by atoms with Crippen LogP contribution in [0.1, 0.15) is 0 Å². The zero-order chi connectivity index (χ0) is 16.8. The van der Waals surface area contributed by atoms with Crippen LogP contribution in [-0.2, 0) is 10.0 Å². The fraction of sp³-hybridized carbons (Fsp3) is 0.125. The lowest BCUT2D eigenvalue weighted by Crippen LogP contribution is -2.24. The van der Waals surface area contributed by atoms with Crippen molar-refractivity contribution in [1.82, 2.24) is 19.7 Å². The Kier molecular flexibility index (Phi) is 4.74. The first-order valence-electron chi connectivity index (χ1n) is 7.07. The van der Waals surface area contributed by atoms with E-state index in [0.29, 0.717) is 5.75 Å². The number of sulfonamides is 1. The Hall–Kier alpha value is -2.89. The van der Waals surface area contributed by atoms with E-state index < -0.39 is 10.0 Å². The predicted molar refractivity (Wildman–Crippen MR) is 88.8 cm³/mol. The summed E-state index contributed by atoms with van der Waals surface area (Å²) in [5.41, 5.74) is 0.766. The molecule has 1 aromatic carbocycles. The highest BCUT2D eigenvalue weighted by Crippen LogP contribution is 2.22. The van der Waals surface area contributed by atoms with Crippen LogP contribution in [0, 0.1) is 11.8 Å². The number of ether oxygens (including phenoxy) is 1. The number of rotatable bonds is 5. The highest BCUT2D eigenvalue weighted by atomic mass is 32.2. The molecule has 8 heteroatoms. The van der Waals surface area contributed by atoms with Gasteiger partial charge in [-0.2, -0.15) is 4.72 Å². The Bertz CT molecular complexity index is 984. The maximum Gasteiger partial charge on any atom is 0.258 e. The first-order chi connectivity index (χ1) is 11.7. The predicted octanol–water partition coefficient (Wildman–Crippen LogP) is 1.32. The van der Waals surface area contributed by atoms with Crippen molar-refractivity contribution < 1.29 is 13.2 Å². The molecule has 0 unspecified atom stereocenters. The molecule has 0 bridgehead atoms. The van der Waals surface area contributed by atoms with Gasteiger partial charge in [-0.05, 0) is 12.1 Å². The summed E-state index contributed by atoms with van der Waals surface area (Å²) in [6.45, 7) is 0.125. The fourth-order valence-electron chi connectivity index (χ4n) is 2.02. The minimum absolute atomic E-state index is 0.00220. The summed E-state index contributed by atoms with van der Waals surface area (Å²) in [6.07, 6.45) is 4.23. The molecule has 0 saturated carbocycles. The smallest absolute Gasteiger partial charge is 0.258 e. The standard InChI is InChI=1S/C16H14N4O3S/c21-24(22,15-11-17-12-19-15)20-9-1-2-10-23-14-7-3-5-13-6-4-8-18-16(13)14/h3-8,11-12,20H,9-10H2,(H,17,19). The Morgan fingerprint density at radius 3 is 2.92 bits per heavy atom. The van der Waals surface area contributed by atoms with Crippen molar-refractivity contribution in [2.45, 2.75) is 5.03 Å². The van der Waals surface area contributed by atoms with Gasteiger partial charge < -0.3 is 9.72 Å². The molecule has 0 spiro atoms. The average molecular weight is 342 g/mol. The average Bonchev–Trinajstić information content (AvgIpc) is 3.13. The second-order valence-corrected chi connectivity index (χ2v) is 6.45. The zero-order valence-electron chi connectivity index (χ0n) is 12.6. The van der Waals surface area contributed by atoms with Gasteiger partial charge in [-0.3, -0.25) is 4.98 Å². The van der Waals surface area contributed by atoms with E-state index in [1.807, 2.05) is 30.3 Å². The quantitative estimate of drug-likeness (QED) is 0.682. The first kappa shape index (κ1) is 16.0.